The summed E-state index contributed by atoms with van der Waals surface area (Å²) in [7, 11) is 0. The third kappa shape index (κ3) is 39.2. The first-order chi connectivity index (χ1) is 23.8. The van der Waals surface area contributed by atoms with Crippen LogP contribution in [0.4, 0.5) is 92.2 Å². The van der Waals surface area contributed by atoms with E-state index in [-0.39, 0.29) is 52.9 Å². The summed E-state index contributed by atoms with van der Waals surface area (Å²) < 4.78 is 250. The van der Waals surface area contributed by atoms with Gasteiger partial charge >= 0.3 is 29.9 Å². The fourth-order valence-corrected chi connectivity index (χ4v) is 2.50. The van der Waals surface area contributed by atoms with Gasteiger partial charge in [0.25, 0.3) is 17.8 Å². The number of alkyl halides is 21. The highest BCUT2D eigenvalue weighted by atomic mass is 19.4. The first-order valence-corrected chi connectivity index (χ1v) is 17.2. The van der Waals surface area contributed by atoms with Crippen LogP contribution < -0.4 is 0 Å². The predicted molar refractivity (Wildman–Crippen MR) is 173 cm³/mol. The van der Waals surface area contributed by atoms with Crippen LogP contribution >= 0.6 is 0 Å². The molecule has 0 amide bonds. The second-order valence-corrected chi connectivity index (χ2v) is 13.1. The number of hydrogen-bond donors (Lipinski definition) is 0. The molecule has 0 heterocycles. The maximum atomic E-state index is 12.5. The zero-order chi connectivity index (χ0) is 46.3. The van der Waals surface area contributed by atoms with Crippen molar-refractivity contribution < 1.29 is 92.2 Å². The summed E-state index contributed by atoms with van der Waals surface area (Å²) in [6.07, 6.45) is -8.45. The molecule has 0 saturated carbocycles. The Hall–Kier alpha value is -1.47. The highest BCUT2D eigenvalue weighted by Crippen LogP contribution is 2.39. The van der Waals surface area contributed by atoms with Crippen LogP contribution in [0, 0.1) is 5.92 Å². The summed E-state index contributed by atoms with van der Waals surface area (Å²) in [6.45, 7) is 11.1. The Balaban J connectivity index is -0.000000132. The summed E-state index contributed by atoms with van der Waals surface area (Å²) in [5.74, 6) is -30.5. The van der Waals surface area contributed by atoms with Gasteiger partial charge in [-0.1, -0.05) is 60.3 Å². The summed E-state index contributed by atoms with van der Waals surface area (Å²) in [5.41, 5.74) is 0. The van der Waals surface area contributed by atoms with Gasteiger partial charge < -0.3 is 0 Å². The normalized spacial score (nSPS) is 14.8. The van der Waals surface area contributed by atoms with Gasteiger partial charge in [0.1, 0.15) is 5.92 Å². The highest BCUT2D eigenvalue weighted by molar-refractivity contribution is 4.80. The number of halogens is 21. The van der Waals surface area contributed by atoms with Gasteiger partial charge in [-0.25, -0.2) is 61.5 Å². The summed E-state index contributed by atoms with van der Waals surface area (Å²) in [5, 5.41) is 0. The zero-order valence-corrected chi connectivity index (χ0v) is 33.2. The molecule has 0 aromatic heterocycles. The van der Waals surface area contributed by atoms with Crippen molar-refractivity contribution in [3.8, 4) is 0 Å². The quantitative estimate of drug-likeness (QED) is 0.114. The topological polar surface area (TPSA) is 0 Å². The van der Waals surface area contributed by atoms with Crippen molar-refractivity contribution in [1.29, 1.82) is 0 Å². The standard InChI is InChI=1S/C8H14F4.C6H10F4.C6H11F3.C5H7F5.C5H9F3.C4H8F2/c1-3-4-5-6-8(11,12)7(2,9)10;1-3-4-6(9,10)5(2,7)8;1-3-4-5(7)6(2,8)9;1-3(4(2,6)7)5(8,9)10;1-3-4(6)5(2,7)8;1-3-4(2,5)6/h3-6H2,1-2H3;3-4H2,1-2H3;5H,3-4H2,1-2H3;3H,1-2H3;4H,3H2,1-2H3;3H2,1-2H3. The van der Waals surface area contributed by atoms with Gasteiger partial charge in [0.15, 0.2) is 12.3 Å². The van der Waals surface area contributed by atoms with E-state index in [1.54, 1.807) is 6.92 Å². The van der Waals surface area contributed by atoms with Crippen LogP contribution in [0.1, 0.15) is 147 Å². The molecule has 0 rings (SSSR count). The van der Waals surface area contributed by atoms with Gasteiger partial charge in [0.05, 0.1) is 0 Å². The van der Waals surface area contributed by atoms with Crippen LogP contribution in [-0.2, 0) is 0 Å². The Morgan fingerprint density at radius 1 is 0.418 bits per heavy atom. The van der Waals surface area contributed by atoms with Gasteiger partial charge in [-0.2, -0.15) is 30.7 Å². The van der Waals surface area contributed by atoms with Gasteiger partial charge in [0.2, 0.25) is 5.92 Å². The summed E-state index contributed by atoms with van der Waals surface area (Å²) in [6, 6.07) is 0. The van der Waals surface area contributed by atoms with Crippen LogP contribution in [0.2, 0.25) is 0 Å². The fraction of sp³-hybridized carbons (Fsp3) is 1.00. The lowest BCUT2D eigenvalue weighted by Gasteiger charge is -2.22. The van der Waals surface area contributed by atoms with E-state index in [0.29, 0.717) is 33.6 Å². The molecule has 0 fully saturated rings. The molecule has 21 heteroatoms. The predicted octanol–water partition coefficient (Wildman–Crippen LogP) is 17.0. The molecule has 0 radical (unpaired) electrons. The van der Waals surface area contributed by atoms with Gasteiger partial charge in [-0.15, -0.1) is 0 Å². The van der Waals surface area contributed by atoms with E-state index >= 15 is 0 Å². The average Bonchev–Trinajstić information content (AvgIpc) is 2.95. The molecule has 55 heavy (non-hydrogen) atoms. The minimum Gasteiger partial charge on any atom is -0.241 e. The SMILES string of the molecule is CC(C(C)(F)F)C(F)(F)F.CCC(C)(F)F.CCC(F)C(C)(F)F.CCCC(F)(F)C(C)(F)F.CCCC(F)C(C)(F)F.CCCCCC(F)(F)C(C)(F)F. The lowest BCUT2D eigenvalue weighted by Crippen LogP contribution is -2.37. The highest BCUT2D eigenvalue weighted by Gasteiger charge is 2.52. The van der Waals surface area contributed by atoms with Crippen molar-refractivity contribution in [1.82, 2.24) is 0 Å². The van der Waals surface area contributed by atoms with Crippen LogP contribution in [-0.4, -0.2) is 65.9 Å². The molecule has 0 nitrogen and oxygen atoms in total. The Kier molecular flexibility index (Phi) is 32.4. The Labute approximate surface area is 311 Å². The molecular formula is C34H59F21. The smallest absolute Gasteiger partial charge is 0.241 e. The summed E-state index contributed by atoms with van der Waals surface area (Å²) >= 11 is 0. The van der Waals surface area contributed by atoms with E-state index in [1.165, 1.54) is 20.8 Å². The van der Waals surface area contributed by atoms with Gasteiger partial charge in [-0.05, 0) is 40.0 Å². The van der Waals surface area contributed by atoms with Crippen molar-refractivity contribution in [2.75, 3.05) is 0 Å². The Morgan fingerprint density at radius 3 is 0.855 bits per heavy atom. The molecule has 342 valence electrons. The lowest BCUT2D eigenvalue weighted by molar-refractivity contribution is -0.228. The maximum absolute atomic E-state index is 12.5. The molecule has 3 atom stereocenters. The van der Waals surface area contributed by atoms with Crippen molar-refractivity contribution in [2.45, 2.75) is 213 Å². The molecule has 0 N–H and O–H groups in total. The van der Waals surface area contributed by atoms with Crippen LogP contribution in [0.5, 0.6) is 0 Å². The molecule has 0 spiro atoms. The first-order valence-electron chi connectivity index (χ1n) is 17.2. The minimum absolute atomic E-state index is 0.0521. The Bertz CT molecular complexity index is 868. The molecule has 0 bridgehead atoms. The first kappa shape index (κ1) is 65.4. The molecule has 0 aromatic carbocycles. The van der Waals surface area contributed by atoms with Gasteiger partial charge in [0, 0.05) is 47.0 Å². The third-order valence-electron chi connectivity index (χ3n) is 6.82. The minimum atomic E-state index is -4.81. The molecular weight excluding hydrogens is 807 g/mol. The molecule has 0 aliphatic rings. The molecule has 0 aromatic rings. The van der Waals surface area contributed by atoms with Crippen molar-refractivity contribution in [2.24, 2.45) is 5.92 Å². The van der Waals surface area contributed by atoms with Crippen LogP contribution in [0.3, 0.4) is 0 Å². The summed E-state index contributed by atoms with van der Waals surface area (Å²) in [4.78, 5) is 0. The van der Waals surface area contributed by atoms with Crippen LogP contribution in [0.15, 0.2) is 0 Å². The van der Waals surface area contributed by atoms with E-state index in [0.717, 1.165) is 13.3 Å². The monoisotopic (exact) mass is 866 g/mol. The van der Waals surface area contributed by atoms with E-state index < -0.39 is 84.7 Å². The van der Waals surface area contributed by atoms with Crippen molar-refractivity contribution in [3.63, 3.8) is 0 Å². The third-order valence-corrected chi connectivity index (χ3v) is 6.82. The van der Waals surface area contributed by atoms with E-state index in [1.807, 2.05) is 6.92 Å². The zero-order valence-electron chi connectivity index (χ0n) is 33.2. The second-order valence-electron chi connectivity index (χ2n) is 13.1. The largest absolute Gasteiger partial charge is 0.397 e. The van der Waals surface area contributed by atoms with E-state index in [2.05, 4.69) is 0 Å². The maximum Gasteiger partial charge on any atom is 0.397 e. The number of rotatable bonds is 15. The van der Waals surface area contributed by atoms with Crippen molar-refractivity contribution in [3.05, 3.63) is 0 Å². The molecule has 0 aliphatic carbocycles. The van der Waals surface area contributed by atoms with Crippen molar-refractivity contribution >= 4 is 0 Å². The fourth-order valence-electron chi connectivity index (χ4n) is 2.50. The molecule has 0 aliphatic heterocycles. The molecule has 0 saturated heterocycles. The number of unbranched alkanes of at least 4 members (excludes halogenated alkanes) is 2. The Morgan fingerprint density at radius 2 is 0.745 bits per heavy atom. The van der Waals surface area contributed by atoms with E-state index in [9.17, 15) is 92.2 Å². The van der Waals surface area contributed by atoms with E-state index in [4.69, 9.17) is 0 Å². The van der Waals surface area contributed by atoms with Crippen LogP contribution in [0.25, 0.3) is 0 Å². The average molecular weight is 867 g/mol. The lowest BCUT2D eigenvalue weighted by atomic mass is 10.1. The molecule has 3 unspecified atom stereocenters. The second kappa shape index (κ2) is 27.3. The van der Waals surface area contributed by atoms with Gasteiger partial charge in [-0.3, -0.25) is 0 Å². The number of hydrogen-bond acceptors (Lipinski definition) is 0.